The topological polar surface area (TPSA) is 43.2 Å². The number of benzene rings is 1. The van der Waals surface area contributed by atoms with Crippen molar-refractivity contribution < 1.29 is 4.98 Å². The number of thiophene rings is 1. The molecule has 0 amide bonds. The summed E-state index contributed by atoms with van der Waals surface area (Å²) in [6, 6.07) is 10.0. The number of aromatic nitrogens is 3. The predicted molar refractivity (Wildman–Crippen MR) is 107 cm³/mol. The fraction of sp³-hybridized carbons (Fsp3) is 0.167. The molecular weight excluding hydrogens is 372 g/mol. The third kappa shape index (κ3) is 3.17. The molecule has 0 fully saturated rings. The standard InChI is InChI=1S/C18H15ClN4S2/c1-23(2)13-7-8-20-17-14(13)15-16(25-17)18(22-10-21-15)24-9-11-3-5-12(19)6-4-11/h3-8,10H,9H2,1-2H3/p+1. The molecule has 0 aliphatic carbocycles. The van der Waals surface area contributed by atoms with Crippen molar-refractivity contribution in [1.82, 2.24) is 9.97 Å². The molecule has 0 saturated heterocycles. The van der Waals surface area contributed by atoms with E-state index >= 15 is 0 Å². The zero-order valence-corrected chi connectivity index (χ0v) is 16.2. The molecule has 0 unspecified atom stereocenters. The van der Waals surface area contributed by atoms with Crippen molar-refractivity contribution in [3.05, 3.63) is 53.4 Å². The van der Waals surface area contributed by atoms with Crippen LogP contribution in [0.15, 0.2) is 47.9 Å². The van der Waals surface area contributed by atoms with Crippen molar-refractivity contribution in [3.8, 4) is 0 Å². The number of hydrogen-bond acceptors (Lipinski definition) is 5. The molecule has 0 atom stereocenters. The molecule has 3 heterocycles. The summed E-state index contributed by atoms with van der Waals surface area (Å²) >= 11 is 9.41. The molecular formula is C18H16ClN4S2+. The number of thioether (sulfide) groups is 1. The lowest BCUT2D eigenvalue weighted by molar-refractivity contribution is -0.427. The van der Waals surface area contributed by atoms with Crippen LogP contribution in [0.1, 0.15) is 5.56 Å². The summed E-state index contributed by atoms with van der Waals surface area (Å²) in [4.78, 5) is 15.6. The van der Waals surface area contributed by atoms with Crippen LogP contribution >= 0.6 is 34.7 Å². The van der Waals surface area contributed by atoms with Gasteiger partial charge in [0, 0.05) is 31.1 Å². The molecule has 0 radical (unpaired) electrons. The molecule has 0 aliphatic heterocycles. The monoisotopic (exact) mass is 387 g/mol. The van der Waals surface area contributed by atoms with Crippen LogP contribution in [0, 0.1) is 0 Å². The molecule has 0 spiro atoms. The highest BCUT2D eigenvalue weighted by molar-refractivity contribution is 7.98. The molecule has 25 heavy (non-hydrogen) atoms. The van der Waals surface area contributed by atoms with Crippen molar-refractivity contribution in [2.45, 2.75) is 10.8 Å². The van der Waals surface area contributed by atoms with Gasteiger partial charge in [0.2, 0.25) is 5.52 Å². The Balaban J connectivity index is 1.76. The van der Waals surface area contributed by atoms with Gasteiger partial charge in [-0.25, -0.2) is 9.97 Å². The van der Waals surface area contributed by atoms with Crippen molar-refractivity contribution >= 4 is 60.8 Å². The minimum absolute atomic E-state index is 0.762. The van der Waals surface area contributed by atoms with E-state index in [2.05, 4.69) is 32.0 Å². The Hall–Kier alpha value is -1.89. The Bertz CT molecular complexity index is 1040. The first-order chi connectivity index (χ1) is 12.1. The quantitative estimate of drug-likeness (QED) is 0.377. The van der Waals surface area contributed by atoms with E-state index < -0.39 is 0 Å². The first kappa shape index (κ1) is 16.6. The number of H-pyrrole nitrogens is 1. The summed E-state index contributed by atoms with van der Waals surface area (Å²) < 4.78 is 1.15. The SMILES string of the molecule is CN(C)c1ccnc2sc3c(SCc4ccc(Cl)cc4)[nH+]cnc3c12. The predicted octanol–water partition coefficient (Wildman–Crippen LogP) is 4.67. The molecule has 7 heteroatoms. The second kappa shape index (κ2) is 6.78. The van der Waals surface area contributed by atoms with Gasteiger partial charge in [-0.3, -0.25) is 0 Å². The Morgan fingerprint density at radius 3 is 2.72 bits per heavy atom. The number of nitrogens with zero attached hydrogens (tertiary/aromatic N) is 3. The third-order valence-electron chi connectivity index (χ3n) is 3.92. The van der Waals surface area contributed by atoms with Crippen LogP contribution in [0.2, 0.25) is 5.02 Å². The lowest BCUT2D eigenvalue weighted by atomic mass is 10.2. The van der Waals surface area contributed by atoms with Crippen LogP contribution in [-0.4, -0.2) is 24.1 Å². The largest absolute Gasteiger partial charge is 0.377 e. The molecule has 1 aromatic carbocycles. The van der Waals surface area contributed by atoms with Crippen molar-refractivity contribution in [3.63, 3.8) is 0 Å². The Morgan fingerprint density at radius 2 is 1.96 bits per heavy atom. The molecule has 1 N–H and O–H groups in total. The van der Waals surface area contributed by atoms with E-state index in [1.54, 1.807) is 29.4 Å². The fourth-order valence-electron chi connectivity index (χ4n) is 2.71. The first-order valence-corrected chi connectivity index (χ1v) is 9.94. The fourth-order valence-corrected chi connectivity index (χ4v) is 5.01. The number of fused-ring (bicyclic) bond motifs is 3. The molecule has 0 aliphatic rings. The van der Waals surface area contributed by atoms with Gasteiger partial charge in [-0.05, 0) is 28.7 Å². The molecule has 0 bridgehead atoms. The number of anilines is 1. The van der Waals surface area contributed by atoms with E-state index in [-0.39, 0.29) is 0 Å². The van der Waals surface area contributed by atoms with Gasteiger partial charge in [0.15, 0.2) is 5.03 Å². The number of halogens is 1. The number of rotatable bonds is 4. The summed E-state index contributed by atoms with van der Waals surface area (Å²) in [5, 5.41) is 3.00. The van der Waals surface area contributed by atoms with Gasteiger partial charge in [0.05, 0.1) is 11.1 Å². The van der Waals surface area contributed by atoms with Gasteiger partial charge in [-0.1, -0.05) is 35.5 Å². The highest BCUT2D eigenvalue weighted by Crippen LogP contribution is 2.39. The van der Waals surface area contributed by atoms with Gasteiger partial charge in [-0.2, -0.15) is 0 Å². The van der Waals surface area contributed by atoms with Gasteiger partial charge in [0.1, 0.15) is 9.53 Å². The highest BCUT2D eigenvalue weighted by atomic mass is 35.5. The maximum absolute atomic E-state index is 5.96. The van der Waals surface area contributed by atoms with Crippen LogP contribution in [0.5, 0.6) is 0 Å². The third-order valence-corrected chi connectivity index (χ3v) is 6.49. The number of pyridine rings is 1. The van der Waals surface area contributed by atoms with Crippen molar-refractivity contribution in [2.24, 2.45) is 0 Å². The van der Waals surface area contributed by atoms with Gasteiger partial charge < -0.3 is 4.90 Å². The van der Waals surface area contributed by atoms with Crippen LogP contribution < -0.4 is 9.88 Å². The van der Waals surface area contributed by atoms with E-state index in [4.69, 9.17) is 11.6 Å². The average molecular weight is 388 g/mol. The average Bonchev–Trinajstić information content (AvgIpc) is 3.00. The normalized spacial score (nSPS) is 11.3. The van der Waals surface area contributed by atoms with E-state index in [0.29, 0.717) is 0 Å². The number of nitrogens with one attached hydrogen (secondary N) is 1. The number of aromatic amines is 1. The minimum Gasteiger partial charge on any atom is -0.377 e. The first-order valence-electron chi connectivity index (χ1n) is 7.76. The Labute approximate surface area is 158 Å². The second-order valence-electron chi connectivity index (χ2n) is 5.83. The van der Waals surface area contributed by atoms with Gasteiger partial charge in [0.25, 0.3) is 6.33 Å². The second-order valence-corrected chi connectivity index (χ2v) is 8.25. The molecule has 4 rings (SSSR count). The summed E-state index contributed by atoms with van der Waals surface area (Å²) in [5.41, 5.74) is 3.39. The lowest BCUT2D eigenvalue weighted by Crippen LogP contribution is -2.09. The molecule has 3 aromatic heterocycles. The molecule has 126 valence electrons. The minimum atomic E-state index is 0.762. The summed E-state index contributed by atoms with van der Waals surface area (Å²) in [6.07, 6.45) is 3.63. The van der Waals surface area contributed by atoms with E-state index in [1.165, 1.54) is 5.56 Å². The lowest BCUT2D eigenvalue weighted by Gasteiger charge is -2.12. The molecule has 0 saturated carbocycles. The van der Waals surface area contributed by atoms with E-state index in [9.17, 15) is 0 Å². The molecule has 4 aromatic rings. The van der Waals surface area contributed by atoms with Crippen LogP contribution in [0.4, 0.5) is 5.69 Å². The highest BCUT2D eigenvalue weighted by Gasteiger charge is 2.20. The van der Waals surface area contributed by atoms with Gasteiger partial charge in [-0.15, -0.1) is 11.3 Å². The van der Waals surface area contributed by atoms with Crippen molar-refractivity contribution in [2.75, 3.05) is 19.0 Å². The van der Waals surface area contributed by atoms with Crippen LogP contribution in [0.25, 0.3) is 20.4 Å². The van der Waals surface area contributed by atoms with E-state index in [1.807, 2.05) is 38.5 Å². The van der Waals surface area contributed by atoms with Crippen LogP contribution in [-0.2, 0) is 5.75 Å². The number of hydrogen-bond donors (Lipinski definition) is 0. The maximum Gasteiger partial charge on any atom is 0.285 e. The zero-order chi connectivity index (χ0) is 17.4. The summed E-state index contributed by atoms with van der Waals surface area (Å²) in [5.74, 6) is 0.870. The maximum atomic E-state index is 5.96. The zero-order valence-electron chi connectivity index (χ0n) is 13.8. The summed E-state index contributed by atoms with van der Waals surface area (Å²) in [7, 11) is 4.09. The Morgan fingerprint density at radius 1 is 1.16 bits per heavy atom. The van der Waals surface area contributed by atoms with Crippen molar-refractivity contribution in [1.29, 1.82) is 0 Å². The summed E-state index contributed by atoms with van der Waals surface area (Å²) in [6.45, 7) is 0. The van der Waals surface area contributed by atoms with Gasteiger partial charge >= 0.3 is 0 Å². The Kier molecular flexibility index (Phi) is 4.50. The molecule has 4 nitrogen and oxygen atoms in total. The van der Waals surface area contributed by atoms with E-state index in [0.717, 1.165) is 41.9 Å². The smallest absolute Gasteiger partial charge is 0.285 e. The van der Waals surface area contributed by atoms with Crippen LogP contribution in [0.3, 0.4) is 0 Å².